The maximum atomic E-state index is 13.2. The number of carbonyl (C=O) groups excluding carboxylic acids is 1. The highest BCUT2D eigenvalue weighted by molar-refractivity contribution is 8.16. The third-order valence-corrected chi connectivity index (χ3v) is 8.65. The Labute approximate surface area is 250 Å². The Morgan fingerprint density at radius 3 is 2.14 bits per heavy atom. The van der Waals surface area contributed by atoms with E-state index < -0.39 is 11.0 Å². The van der Waals surface area contributed by atoms with Gasteiger partial charge in [0.1, 0.15) is 5.75 Å². The Bertz CT molecular complexity index is 1650. The average Bonchev–Trinajstić information content (AvgIpc) is 3.43. The van der Waals surface area contributed by atoms with Crippen molar-refractivity contribution in [3.63, 3.8) is 0 Å². The lowest BCUT2D eigenvalue weighted by Gasteiger charge is -2.47. The number of fused-ring (bicyclic) bond motifs is 2. The van der Waals surface area contributed by atoms with Crippen LogP contribution in [0.4, 0.5) is 11.4 Å². The minimum atomic E-state index is -1.06. The summed E-state index contributed by atoms with van der Waals surface area (Å²) in [6, 6.07) is 34.5. The van der Waals surface area contributed by atoms with Gasteiger partial charge in [0.2, 0.25) is 10.0 Å². The maximum absolute atomic E-state index is 13.2. The molecule has 0 unspecified atom stereocenters. The minimum Gasteiger partial charge on any atom is -0.497 e. The third kappa shape index (κ3) is 4.71. The van der Waals surface area contributed by atoms with Gasteiger partial charge in [0.25, 0.3) is 0 Å². The lowest BCUT2D eigenvalue weighted by Crippen LogP contribution is -2.54. The lowest BCUT2D eigenvalue weighted by atomic mass is 9.92. The smallest absolute Gasteiger partial charge is 0.365 e. The number of hydrogen-bond acceptors (Lipinski definition) is 8. The van der Waals surface area contributed by atoms with Gasteiger partial charge < -0.3 is 9.47 Å². The van der Waals surface area contributed by atoms with Crippen LogP contribution in [0.25, 0.3) is 0 Å². The Kier molecular flexibility index (Phi) is 7.47. The fraction of sp³-hybridized carbons (Fsp3) is 0.206. The van der Waals surface area contributed by atoms with Crippen molar-refractivity contribution in [2.45, 2.75) is 31.7 Å². The monoisotopic (exact) mass is 576 g/mol. The first kappa shape index (κ1) is 27.6. The van der Waals surface area contributed by atoms with Gasteiger partial charge in [0.05, 0.1) is 30.8 Å². The number of para-hydroxylation sites is 1. The van der Waals surface area contributed by atoms with Crippen LogP contribution in [0.15, 0.2) is 113 Å². The summed E-state index contributed by atoms with van der Waals surface area (Å²) in [6.07, 6.45) is 0. The Morgan fingerprint density at radius 1 is 0.833 bits per heavy atom. The standard InChI is InChI=1S/C34H32N4O3S/c1-5-41-33(39)32-36-38(27-19-21-28(40-4)22-20-27)34(42-32)30-14-10-9-13-29(30)31(25-17-15-24(16-18-25)23(2)3)35-37(34)26-11-7-6-8-12-26/h6-23H,5H2,1-4H3/t34-/m0/s1. The molecule has 212 valence electrons. The summed E-state index contributed by atoms with van der Waals surface area (Å²) in [7, 11) is 1.64. The van der Waals surface area contributed by atoms with E-state index in [0.717, 1.165) is 39.5 Å². The first-order chi connectivity index (χ1) is 20.5. The molecule has 2 aliphatic heterocycles. The van der Waals surface area contributed by atoms with Gasteiger partial charge in [-0.3, -0.25) is 0 Å². The molecule has 0 saturated heterocycles. The first-order valence-electron chi connectivity index (χ1n) is 14.0. The molecular formula is C34H32N4O3S. The molecule has 6 rings (SSSR count). The highest BCUT2D eigenvalue weighted by Crippen LogP contribution is 2.55. The highest BCUT2D eigenvalue weighted by atomic mass is 32.2. The molecule has 2 aliphatic rings. The molecule has 0 bridgehead atoms. The van der Waals surface area contributed by atoms with Crippen molar-refractivity contribution in [2.24, 2.45) is 10.2 Å². The molecule has 0 radical (unpaired) electrons. The second-order valence-electron chi connectivity index (χ2n) is 10.3. The molecular weight excluding hydrogens is 544 g/mol. The normalized spacial score (nSPS) is 17.6. The van der Waals surface area contributed by atoms with Crippen LogP contribution in [0.3, 0.4) is 0 Å². The van der Waals surface area contributed by atoms with E-state index in [2.05, 4.69) is 50.2 Å². The lowest BCUT2D eigenvalue weighted by molar-refractivity contribution is -0.134. The number of anilines is 2. The molecule has 4 aromatic rings. The Hall–Kier alpha value is -4.56. The van der Waals surface area contributed by atoms with E-state index in [1.165, 1.54) is 17.3 Å². The Balaban J connectivity index is 1.60. The van der Waals surface area contributed by atoms with Gasteiger partial charge in [-0.2, -0.15) is 10.2 Å². The van der Waals surface area contributed by atoms with E-state index in [-0.39, 0.29) is 11.7 Å². The van der Waals surface area contributed by atoms with Crippen LogP contribution in [-0.2, 0) is 14.5 Å². The number of thioether (sulfide) groups is 1. The average molecular weight is 577 g/mol. The summed E-state index contributed by atoms with van der Waals surface area (Å²) in [5, 5.41) is 14.4. The molecule has 0 fully saturated rings. The van der Waals surface area contributed by atoms with E-state index in [4.69, 9.17) is 19.7 Å². The van der Waals surface area contributed by atoms with Crippen LogP contribution >= 0.6 is 11.8 Å². The number of hydrogen-bond donors (Lipinski definition) is 0. The van der Waals surface area contributed by atoms with Crippen molar-refractivity contribution in [3.05, 3.63) is 125 Å². The summed E-state index contributed by atoms with van der Waals surface area (Å²) in [6.45, 7) is 6.43. The van der Waals surface area contributed by atoms with Gasteiger partial charge in [-0.05, 0) is 66.6 Å². The van der Waals surface area contributed by atoms with Crippen molar-refractivity contribution in [3.8, 4) is 5.75 Å². The largest absolute Gasteiger partial charge is 0.497 e. The van der Waals surface area contributed by atoms with Gasteiger partial charge in [-0.15, -0.1) is 0 Å². The number of hydrazone groups is 2. The van der Waals surface area contributed by atoms with Crippen molar-refractivity contribution >= 4 is 39.9 Å². The fourth-order valence-corrected chi connectivity index (χ4v) is 6.53. The van der Waals surface area contributed by atoms with Crippen LogP contribution in [0.5, 0.6) is 5.75 Å². The van der Waals surface area contributed by atoms with E-state index in [1.807, 2.05) is 76.7 Å². The Morgan fingerprint density at radius 2 is 1.48 bits per heavy atom. The second-order valence-corrected chi connectivity index (χ2v) is 11.4. The van der Waals surface area contributed by atoms with Crippen LogP contribution in [0.1, 0.15) is 48.9 Å². The summed E-state index contributed by atoms with van der Waals surface area (Å²) in [4.78, 5) is 12.1. The molecule has 42 heavy (non-hydrogen) atoms. The molecule has 0 N–H and O–H groups in total. The highest BCUT2D eigenvalue weighted by Gasteiger charge is 2.56. The predicted molar refractivity (Wildman–Crippen MR) is 170 cm³/mol. The van der Waals surface area contributed by atoms with Gasteiger partial charge >= 0.3 is 5.97 Å². The molecule has 0 aromatic heterocycles. The zero-order chi connectivity index (χ0) is 29.3. The van der Waals surface area contributed by atoms with Gasteiger partial charge in [-0.25, -0.2) is 14.8 Å². The van der Waals surface area contributed by atoms with Crippen molar-refractivity contribution in [1.82, 2.24) is 0 Å². The van der Waals surface area contributed by atoms with Gasteiger partial charge in [0.15, 0.2) is 0 Å². The quantitative estimate of drug-likeness (QED) is 0.215. The van der Waals surface area contributed by atoms with E-state index in [9.17, 15) is 4.79 Å². The number of ether oxygens (including phenoxy) is 2. The minimum absolute atomic E-state index is 0.252. The summed E-state index contributed by atoms with van der Waals surface area (Å²) in [5.74, 6) is 0.681. The molecule has 4 aromatic carbocycles. The fourth-order valence-electron chi connectivity index (χ4n) is 5.24. The number of benzene rings is 4. The zero-order valence-electron chi connectivity index (χ0n) is 24.0. The van der Waals surface area contributed by atoms with Crippen LogP contribution in [-0.4, -0.2) is 30.4 Å². The van der Waals surface area contributed by atoms with E-state index >= 15 is 0 Å². The van der Waals surface area contributed by atoms with Crippen molar-refractivity contribution in [1.29, 1.82) is 0 Å². The summed E-state index contributed by atoms with van der Waals surface area (Å²) < 4.78 is 10.9. The molecule has 8 heteroatoms. The number of carbonyl (C=O) groups is 1. The second kappa shape index (κ2) is 11.4. The van der Waals surface area contributed by atoms with E-state index in [1.54, 1.807) is 14.0 Å². The van der Waals surface area contributed by atoms with Gasteiger partial charge in [-0.1, -0.05) is 80.6 Å². The third-order valence-electron chi connectivity index (χ3n) is 7.36. The van der Waals surface area contributed by atoms with Crippen molar-refractivity contribution < 1.29 is 14.3 Å². The predicted octanol–water partition coefficient (Wildman–Crippen LogP) is 7.33. The molecule has 7 nitrogen and oxygen atoms in total. The van der Waals surface area contributed by atoms with Crippen LogP contribution in [0, 0.1) is 0 Å². The number of esters is 1. The van der Waals surface area contributed by atoms with Gasteiger partial charge in [0, 0.05) is 16.7 Å². The molecule has 1 spiro atoms. The first-order valence-corrected chi connectivity index (χ1v) is 14.8. The molecule has 0 aliphatic carbocycles. The maximum Gasteiger partial charge on any atom is 0.365 e. The van der Waals surface area contributed by atoms with E-state index in [0.29, 0.717) is 5.92 Å². The SMILES string of the molecule is CCOC(=O)C1=NN(c2ccc(OC)cc2)[C@]2(S1)c1ccccc1C(c1ccc(C(C)C)cc1)=NN2c1ccccc1. The summed E-state index contributed by atoms with van der Waals surface area (Å²) in [5.41, 5.74) is 6.67. The topological polar surface area (TPSA) is 66.7 Å². The number of nitrogens with zero attached hydrogens (tertiary/aromatic N) is 4. The zero-order valence-corrected chi connectivity index (χ0v) is 24.8. The number of rotatable bonds is 7. The number of methoxy groups -OCH3 is 1. The molecule has 0 amide bonds. The molecule has 2 heterocycles. The summed E-state index contributed by atoms with van der Waals surface area (Å²) >= 11 is 1.33. The molecule has 1 atom stereocenters. The van der Waals surface area contributed by atoms with Crippen LogP contribution in [0.2, 0.25) is 0 Å². The molecule has 0 saturated carbocycles. The van der Waals surface area contributed by atoms with Crippen molar-refractivity contribution in [2.75, 3.05) is 23.7 Å². The van der Waals surface area contributed by atoms with Crippen LogP contribution < -0.4 is 14.8 Å².